The third-order valence-electron chi connectivity index (χ3n) is 2.15. The number of hydrogen-bond acceptors (Lipinski definition) is 2. The standard InChI is InChI=1S/C7H11FO3/c1-3-2-4(3)6(9)5(8)7(10)11/h3-6,9H,2H2,1H3,(H,10,11). The number of aliphatic hydroxyl groups is 1. The molecule has 64 valence electrons. The molecule has 1 rings (SSSR count). The maximum absolute atomic E-state index is 12.5. The molecular weight excluding hydrogens is 151 g/mol. The van der Waals surface area contributed by atoms with Crippen molar-refractivity contribution in [3.8, 4) is 0 Å². The zero-order valence-electron chi connectivity index (χ0n) is 6.20. The lowest BCUT2D eigenvalue weighted by Gasteiger charge is -2.10. The second kappa shape index (κ2) is 2.77. The molecule has 0 amide bonds. The second-order valence-electron chi connectivity index (χ2n) is 3.11. The van der Waals surface area contributed by atoms with Crippen molar-refractivity contribution in [2.24, 2.45) is 11.8 Å². The van der Waals surface area contributed by atoms with Crippen molar-refractivity contribution < 1.29 is 19.4 Å². The minimum Gasteiger partial charge on any atom is -0.479 e. The minimum atomic E-state index is -2.12. The zero-order valence-corrected chi connectivity index (χ0v) is 6.20. The molecule has 0 aromatic rings. The Morgan fingerprint density at radius 1 is 1.73 bits per heavy atom. The number of hydrogen-bond donors (Lipinski definition) is 2. The summed E-state index contributed by atoms with van der Waals surface area (Å²) < 4.78 is 12.5. The van der Waals surface area contributed by atoms with Crippen LogP contribution in [0.25, 0.3) is 0 Å². The molecule has 0 heterocycles. The minimum absolute atomic E-state index is 0.152. The maximum atomic E-state index is 12.5. The van der Waals surface area contributed by atoms with E-state index in [-0.39, 0.29) is 11.8 Å². The molecule has 11 heavy (non-hydrogen) atoms. The van der Waals surface area contributed by atoms with Gasteiger partial charge in [0.1, 0.15) is 0 Å². The molecule has 3 nitrogen and oxygen atoms in total. The number of carboxylic acid groups (broad SMARTS) is 1. The zero-order chi connectivity index (χ0) is 8.59. The van der Waals surface area contributed by atoms with Crippen molar-refractivity contribution in [3.05, 3.63) is 0 Å². The van der Waals surface area contributed by atoms with Crippen LogP contribution in [-0.2, 0) is 4.79 Å². The first-order valence-corrected chi connectivity index (χ1v) is 3.59. The number of carbonyl (C=O) groups is 1. The summed E-state index contributed by atoms with van der Waals surface area (Å²) in [6, 6.07) is 0. The van der Waals surface area contributed by atoms with Gasteiger partial charge in [-0.25, -0.2) is 9.18 Å². The summed E-state index contributed by atoms with van der Waals surface area (Å²) >= 11 is 0. The van der Waals surface area contributed by atoms with E-state index < -0.39 is 18.2 Å². The molecule has 4 heteroatoms. The highest BCUT2D eigenvalue weighted by molar-refractivity contribution is 5.73. The Kier molecular flexibility index (Phi) is 2.13. The van der Waals surface area contributed by atoms with Crippen LogP contribution in [0.4, 0.5) is 4.39 Å². The van der Waals surface area contributed by atoms with Crippen molar-refractivity contribution >= 4 is 5.97 Å². The summed E-state index contributed by atoms with van der Waals surface area (Å²) in [7, 11) is 0. The number of alkyl halides is 1. The van der Waals surface area contributed by atoms with Gasteiger partial charge in [0.25, 0.3) is 0 Å². The van der Waals surface area contributed by atoms with Gasteiger partial charge in [-0.1, -0.05) is 6.92 Å². The van der Waals surface area contributed by atoms with Gasteiger partial charge in [-0.05, 0) is 18.3 Å². The fourth-order valence-corrected chi connectivity index (χ4v) is 1.19. The molecular formula is C7H11FO3. The quantitative estimate of drug-likeness (QED) is 0.632. The van der Waals surface area contributed by atoms with Crippen LogP contribution < -0.4 is 0 Å². The predicted octanol–water partition coefficient (Wildman–Crippen LogP) is 0.426. The summed E-state index contributed by atoms with van der Waals surface area (Å²) in [5.74, 6) is -1.46. The maximum Gasteiger partial charge on any atom is 0.341 e. The number of aliphatic hydroxyl groups excluding tert-OH is 1. The Bertz CT molecular complexity index is 171. The van der Waals surface area contributed by atoms with Gasteiger partial charge in [-0.15, -0.1) is 0 Å². The molecule has 4 unspecified atom stereocenters. The lowest BCUT2D eigenvalue weighted by molar-refractivity contribution is -0.147. The first-order valence-electron chi connectivity index (χ1n) is 3.59. The smallest absolute Gasteiger partial charge is 0.341 e. The van der Waals surface area contributed by atoms with Crippen LogP contribution in [-0.4, -0.2) is 28.5 Å². The average molecular weight is 162 g/mol. The molecule has 4 atom stereocenters. The number of carboxylic acids is 1. The van der Waals surface area contributed by atoms with E-state index in [1.165, 1.54) is 0 Å². The molecule has 2 N–H and O–H groups in total. The normalized spacial score (nSPS) is 34.5. The Hall–Kier alpha value is -0.640. The van der Waals surface area contributed by atoms with Crippen LogP contribution in [0.15, 0.2) is 0 Å². The van der Waals surface area contributed by atoms with Crippen molar-refractivity contribution in [3.63, 3.8) is 0 Å². The van der Waals surface area contributed by atoms with Gasteiger partial charge >= 0.3 is 5.97 Å². The Morgan fingerprint density at radius 3 is 2.45 bits per heavy atom. The van der Waals surface area contributed by atoms with E-state index in [4.69, 9.17) is 10.2 Å². The van der Waals surface area contributed by atoms with Crippen LogP contribution in [0, 0.1) is 11.8 Å². The van der Waals surface area contributed by atoms with E-state index in [2.05, 4.69) is 0 Å². The fraction of sp³-hybridized carbons (Fsp3) is 0.857. The highest BCUT2D eigenvalue weighted by atomic mass is 19.1. The number of halogens is 1. The number of aliphatic carboxylic acids is 1. The van der Waals surface area contributed by atoms with Crippen molar-refractivity contribution in [1.29, 1.82) is 0 Å². The number of rotatable bonds is 3. The third-order valence-corrected chi connectivity index (χ3v) is 2.15. The largest absolute Gasteiger partial charge is 0.479 e. The molecule has 0 bridgehead atoms. The molecule has 0 aromatic heterocycles. The summed E-state index contributed by atoms with van der Waals surface area (Å²) in [6.45, 7) is 1.86. The van der Waals surface area contributed by atoms with Gasteiger partial charge in [-0.2, -0.15) is 0 Å². The van der Waals surface area contributed by atoms with Crippen LogP contribution in [0.5, 0.6) is 0 Å². The molecule has 1 aliphatic carbocycles. The van der Waals surface area contributed by atoms with Crippen LogP contribution >= 0.6 is 0 Å². The Balaban J connectivity index is 2.41. The first-order chi connectivity index (χ1) is 5.04. The van der Waals surface area contributed by atoms with Gasteiger partial charge in [0.05, 0.1) is 6.10 Å². The molecule has 0 aromatic carbocycles. The Labute approximate surface area is 63.8 Å². The third kappa shape index (κ3) is 1.68. The van der Waals surface area contributed by atoms with E-state index in [0.29, 0.717) is 0 Å². The van der Waals surface area contributed by atoms with Crippen molar-refractivity contribution in [1.82, 2.24) is 0 Å². The van der Waals surface area contributed by atoms with Crippen LogP contribution in [0.2, 0.25) is 0 Å². The second-order valence-corrected chi connectivity index (χ2v) is 3.11. The van der Waals surface area contributed by atoms with E-state index in [9.17, 15) is 9.18 Å². The lowest BCUT2D eigenvalue weighted by atomic mass is 10.1. The van der Waals surface area contributed by atoms with Crippen molar-refractivity contribution in [2.75, 3.05) is 0 Å². The lowest BCUT2D eigenvalue weighted by Crippen LogP contribution is -2.31. The monoisotopic (exact) mass is 162 g/mol. The molecule has 0 spiro atoms. The fourth-order valence-electron chi connectivity index (χ4n) is 1.19. The predicted molar refractivity (Wildman–Crippen MR) is 35.8 cm³/mol. The van der Waals surface area contributed by atoms with E-state index in [0.717, 1.165) is 6.42 Å². The highest BCUT2D eigenvalue weighted by Gasteiger charge is 2.44. The van der Waals surface area contributed by atoms with Crippen LogP contribution in [0.1, 0.15) is 13.3 Å². The molecule has 0 saturated heterocycles. The van der Waals surface area contributed by atoms with Crippen molar-refractivity contribution in [2.45, 2.75) is 25.6 Å². The van der Waals surface area contributed by atoms with Gasteiger partial charge < -0.3 is 10.2 Å². The van der Waals surface area contributed by atoms with Gasteiger partial charge in [-0.3, -0.25) is 0 Å². The van der Waals surface area contributed by atoms with Gasteiger partial charge in [0.15, 0.2) is 0 Å². The molecule has 0 aliphatic heterocycles. The topological polar surface area (TPSA) is 57.5 Å². The molecule has 1 fully saturated rings. The highest BCUT2D eigenvalue weighted by Crippen LogP contribution is 2.41. The molecule has 1 saturated carbocycles. The van der Waals surface area contributed by atoms with Gasteiger partial charge in [0, 0.05) is 0 Å². The summed E-state index contributed by atoms with van der Waals surface area (Å²) in [6.07, 6.45) is -2.71. The SMILES string of the molecule is CC1CC1C(O)C(F)C(=O)O. The molecule has 0 radical (unpaired) electrons. The van der Waals surface area contributed by atoms with Gasteiger partial charge in [0.2, 0.25) is 6.17 Å². The van der Waals surface area contributed by atoms with E-state index >= 15 is 0 Å². The van der Waals surface area contributed by atoms with E-state index in [1.54, 1.807) is 0 Å². The summed E-state index contributed by atoms with van der Waals surface area (Å²) in [5, 5.41) is 17.2. The van der Waals surface area contributed by atoms with Crippen LogP contribution in [0.3, 0.4) is 0 Å². The summed E-state index contributed by atoms with van der Waals surface area (Å²) in [4.78, 5) is 10.0. The Morgan fingerprint density at radius 2 is 2.18 bits per heavy atom. The molecule has 1 aliphatic rings. The average Bonchev–Trinajstić information content (AvgIpc) is 2.63. The summed E-state index contributed by atoms with van der Waals surface area (Å²) in [5.41, 5.74) is 0. The first kappa shape index (κ1) is 8.46. The van der Waals surface area contributed by atoms with E-state index in [1.807, 2.05) is 6.92 Å².